The number of carbonyl (C=O) groups is 15. The smallest absolute Gasteiger partial charge is 0.303 e. The molecule has 0 aliphatic carbocycles. The minimum Gasteiger partial charge on any atom is -0.481 e. The van der Waals surface area contributed by atoms with E-state index in [0.717, 1.165) is 22.7 Å². The molecule has 3 heterocycles. The Labute approximate surface area is 688 Å². The number of nitrogens with one attached hydrogen (secondary N) is 9. The number of likely N-dealkylation sites (tertiary alicyclic amines) is 1. The van der Waals surface area contributed by atoms with E-state index in [0.29, 0.717) is 43.6 Å². The van der Waals surface area contributed by atoms with Gasteiger partial charge in [-0.1, -0.05) is 58.1 Å². The number of carbonyl (C=O) groups excluding carboxylic acids is 10. The molecule has 0 spiro atoms. The van der Waals surface area contributed by atoms with Crippen molar-refractivity contribution in [3.05, 3.63) is 95.8 Å². The van der Waals surface area contributed by atoms with Crippen LogP contribution in [0.5, 0.6) is 0 Å². The van der Waals surface area contributed by atoms with Gasteiger partial charge in [-0.15, -0.1) is 0 Å². The van der Waals surface area contributed by atoms with Crippen LogP contribution in [-0.4, -0.2) is 251 Å². The van der Waals surface area contributed by atoms with Crippen molar-refractivity contribution >= 4 is 126 Å². The Morgan fingerprint density at radius 3 is 1.51 bits per heavy atom. The molecule has 0 aromatic heterocycles. The van der Waals surface area contributed by atoms with Gasteiger partial charge in [0.15, 0.2) is 5.71 Å². The molecule has 3 aliphatic rings. The Hall–Kier alpha value is -11.3. The van der Waals surface area contributed by atoms with Crippen LogP contribution in [-0.2, 0) is 108 Å². The van der Waals surface area contributed by atoms with Crippen LogP contribution in [0.15, 0.2) is 94.4 Å². The highest BCUT2D eigenvalue weighted by Crippen LogP contribution is 2.48. The first-order valence-electron chi connectivity index (χ1n) is 38.7. The van der Waals surface area contributed by atoms with Gasteiger partial charge in [-0.05, 0) is 133 Å². The van der Waals surface area contributed by atoms with Crippen LogP contribution in [0.25, 0.3) is 0 Å². The number of fused-ring (bicyclic) bond motifs is 2. The first-order valence-corrected chi connectivity index (χ1v) is 41.6. The number of hydrogen-bond donors (Lipinski definition) is 16. The van der Waals surface area contributed by atoms with Crippen molar-refractivity contribution in [1.29, 1.82) is 0 Å². The summed E-state index contributed by atoms with van der Waals surface area (Å²) in [6.07, 6.45) is 6.84. The van der Waals surface area contributed by atoms with Gasteiger partial charge in [-0.3, -0.25) is 81.0 Å². The zero-order chi connectivity index (χ0) is 88.9. The first-order chi connectivity index (χ1) is 55.8. The molecule has 2 aromatic rings. The largest absolute Gasteiger partial charge is 0.481 e. The molecule has 7 atom stereocenters. The van der Waals surface area contributed by atoms with Gasteiger partial charge in [-0.2, -0.15) is 21.4 Å². The fourth-order valence-electron chi connectivity index (χ4n) is 13.8. The molecule has 41 heteroatoms. The number of hydrogen-bond acceptors (Lipinski definition) is 21. The topological polar surface area (TPSA) is 593 Å². The van der Waals surface area contributed by atoms with E-state index in [-0.39, 0.29) is 67.6 Å². The highest BCUT2D eigenvalue weighted by molar-refractivity contribution is 7.86. The quantitative estimate of drug-likeness (QED) is 0.0194. The van der Waals surface area contributed by atoms with Crippen LogP contribution in [0.2, 0.25) is 0 Å². The Morgan fingerprint density at radius 1 is 0.555 bits per heavy atom. The lowest BCUT2D eigenvalue weighted by atomic mass is 9.81. The van der Waals surface area contributed by atoms with Gasteiger partial charge < -0.3 is 87.9 Å². The maximum atomic E-state index is 14.2. The average Bonchev–Trinajstić information content (AvgIpc) is 1.59. The molecule has 0 unspecified atom stereocenters. The molecular formula is C78H109N12O27S2+. The summed E-state index contributed by atoms with van der Waals surface area (Å²) in [7, 11) is -7.69. The normalized spacial score (nSPS) is 16.7. The SMILES string of the molecule is CCN1C(=CC=CC=CC=CC2=[N+](CCCCCC(=O)N[C@H](CCC(=O)O)C(=O)N[C@H](CCC(=O)O)C(=O)N[C@H](CCC(=O)O)C(=O)N[C@H](CCC(=O)O)C(=O)N[C@H](CCC(=O)O)C(=O)NCCOCC(=O)N3CCC[C@H]3C(=O)N[C@@H](CC(C)C)C(=O)NCC(=O)NC)c3ccc(S(=O)(=O)O)cc3C2(C)C)C(C)(C)c2cc(S(=O)(=O)O)ccc21. The van der Waals surface area contributed by atoms with Crippen molar-refractivity contribution in [2.75, 3.05) is 57.9 Å². The summed E-state index contributed by atoms with van der Waals surface area (Å²) in [6, 6.07) is -2.57. The Balaban J connectivity index is 1.24. The molecular weight excluding hydrogens is 1600 g/mol. The molecule has 1 saturated heterocycles. The van der Waals surface area contributed by atoms with Gasteiger partial charge in [-0.25, -0.2) is 0 Å². The third-order valence-electron chi connectivity index (χ3n) is 20.0. The Morgan fingerprint density at radius 2 is 1.03 bits per heavy atom. The van der Waals surface area contributed by atoms with E-state index in [1.54, 1.807) is 36.4 Å². The van der Waals surface area contributed by atoms with Gasteiger partial charge in [0.2, 0.25) is 64.8 Å². The van der Waals surface area contributed by atoms with Crippen molar-refractivity contribution < 1.29 is 133 Å². The number of allylic oxidation sites excluding steroid dienone is 8. The predicted octanol–water partition coefficient (Wildman–Crippen LogP) is 1.75. The molecule has 2 aromatic carbocycles. The van der Waals surface area contributed by atoms with Crippen molar-refractivity contribution in [1.82, 2.24) is 52.8 Å². The standard InChI is InChI=1S/C78H108N12O27S2/c1-9-88-57-30-23-47(118(111,112)113)42-49(57)77(4,5)60(88)20-14-11-10-12-15-21-61-78(6,7)50-43-48(119(114,115)116)24-31-58(50)89(61)38-17-13-16-22-62(91)82-52(26-33-66(96)97)72(106)84-54(28-35-68(100)101)74(108)86-55(29-36-69(102)103)75(109)85-53(27-34-67(98)99)73(107)83-51(25-32-65(94)95)70(104)80-37-40-117-45-64(93)90-39-18-19-59(90)76(110)87-56(41-46(2)3)71(105)81-44-63(92)79-8/h10-12,14-15,20-21,23-24,30-31,42-43,46,51-56,59H,9,13,16-19,22,25-29,32-41,44-45H2,1-8H3,(H15-,79,80,81,82,83,84,85,86,87,91,92,94,95,96,97,98,99,100,101,102,103,104,105,106,107,108,109,110,111,112,113,114,115,116)/p+1/t51-,52-,53-,54-,55-,56+,59+/m1/s1. The fraction of sp³-hybridized carbons (Fsp3) is 0.538. The number of nitrogens with zero attached hydrogens (tertiary/aromatic N) is 3. The second-order valence-electron chi connectivity index (χ2n) is 30.0. The minimum atomic E-state index is -4.62. The number of carboxylic acids is 5. The number of unbranched alkanes of at least 4 members (excludes halogenated alkanes) is 2. The summed E-state index contributed by atoms with van der Waals surface area (Å²) in [5.41, 5.74) is 2.87. The first kappa shape index (κ1) is 98.3. The van der Waals surface area contributed by atoms with Crippen LogP contribution >= 0.6 is 0 Å². The molecule has 1 fully saturated rings. The van der Waals surface area contributed by atoms with Gasteiger partial charge in [0.05, 0.1) is 28.4 Å². The molecule has 0 saturated carbocycles. The number of amides is 10. The molecule has 39 nitrogen and oxygen atoms in total. The number of likely N-dealkylation sites (N-methyl/N-ethyl adjacent to an activating group) is 2. The van der Waals surface area contributed by atoms with E-state index in [1.165, 1.54) is 36.2 Å². The van der Waals surface area contributed by atoms with Crippen LogP contribution < -0.4 is 52.8 Å². The minimum absolute atomic E-state index is 0.0578. The summed E-state index contributed by atoms with van der Waals surface area (Å²) >= 11 is 0. The molecule has 0 radical (unpaired) electrons. The lowest BCUT2D eigenvalue weighted by Gasteiger charge is -2.27. The van der Waals surface area contributed by atoms with Gasteiger partial charge in [0, 0.05) is 106 Å². The van der Waals surface area contributed by atoms with E-state index < -0.39 is 233 Å². The highest BCUT2D eigenvalue weighted by atomic mass is 32.2. The number of carboxylic acid groups (broad SMARTS) is 5. The molecule has 10 amide bonds. The fourth-order valence-corrected chi connectivity index (χ4v) is 14.8. The second-order valence-corrected chi connectivity index (χ2v) is 32.9. The molecule has 0 bridgehead atoms. The van der Waals surface area contributed by atoms with Gasteiger partial charge in [0.1, 0.15) is 55.4 Å². The lowest BCUT2D eigenvalue weighted by molar-refractivity contribution is -0.438. The van der Waals surface area contributed by atoms with Crippen molar-refractivity contribution in [3.8, 4) is 0 Å². The van der Waals surface area contributed by atoms with Crippen LogP contribution in [0.1, 0.15) is 169 Å². The van der Waals surface area contributed by atoms with E-state index in [4.69, 9.17) is 4.74 Å². The van der Waals surface area contributed by atoms with Crippen LogP contribution in [0.3, 0.4) is 0 Å². The molecule has 654 valence electrons. The average molecular weight is 1710 g/mol. The molecule has 5 rings (SSSR count). The second kappa shape index (κ2) is 45.6. The number of rotatable bonds is 50. The summed E-state index contributed by atoms with van der Waals surface area (Å²) in [5.74, 6) is -16.7. The Kier molecular flexibility index (Phi) is 37.7. The van der Waals surface area contributed by atoms with Gasteiger partial charge in [0.25, 0.3) is 20.2 Å². The third-order valence-corrected chi connectivity index (χ3v) is 21.7. The van der Waals surface area contributed by atoms with Crippen molar-refractivity contribution in [2.24, 2.45) is 5.92 Å². The summed E-state index contributed by atoms with van der Waals surface area (Å²) in [6.45, 7) is 12.6. The maximum absolute atomic E-state index is 14.2. The predicted molar refractivity (Wildman–Crippen MR) is 426 cm³/mol. The third kappa shape index (κ3) is 30.2. The summed E-state index contributed by atoms with van der Waals surface area (Å²) in [5, 5.41) is 69.6. The van der Waals surface area contributed by atoms with Crippen LogP contribution in [0, 0.1) is 5.92 Å². The van der Waals surface area contributed by atoms with Crippen molar-refractivity contribution in [2.45, 2.75) is 221 Å². The van der Waals surface area contributed by atoms with E-state index >= 15 is 0 Å². The summed E-state index contributed by atoms with van der Waals surface area (Å²) in [4.78, 5) is 198. The summed E-state index contributed by atoms with van der Waals surface area (Å²) < 4.78 is 75.9. The molecule has 119 heavy (non-hydrogen) atoms. The van der Waals surface area contributed by atoms with E-state index in [2.05, 4.69) is 47.9 Å². The number of ether oxygens (including phenoxy) is 1. The lowest BCUT2D eigenvalue weighted by Crippen LogP contribution is -2.59. The zero-order valence-corrected chi connectivity index (χ0v) is 69.2. The van der Waals surface area contributed by atoms with E-state index in [1.807, 2.05) is 76.2 Å². The monoisotopic (exact) mass is 1710 g/mol. The number of anilines is 1. The van der Waals surface area contributed by atoms with Crippen molar-refractivity contribution in [3.63, 3.8) is 0 Å². The van der Waals surface area contributed by atoms with E-state index in [9.17, 15) is 123 Å². The molecule has 3 aliphatic heterocycles. The Bertz CT molecular complexity index is 4520. The van der Waals surface area contributed by atoms with Crippen LogP contribution in [0.4, 0.5) is 11.4 Å². The number of aliphatic carboxylic acids is 5. The molecule has 16 N–H and O–H groups in total. The highest BCUT2D eigenvalue weighted by Gasteiger charge is 2.46. The maximum Gasteiger partial charge on any atom is 0.303 e. The number of benzene rings is 2. The van der Waals surface area contributed by atoms with Gasteiger partial charge >= 0.3 is 29.8 Å². The zero-order valence-electron chi connectivity index (χ0n) is 67.5.